The van der Waals surface area contributed by atoms with Gasteiger partial charge in [0.2, 0.25) is 5.91 Å². The Morgan fingerprint density at radius 3 is 2.33 bits per heavy atom. The van der Waals surface area contributed by atoms with Gasteiger partial charge in [0.1, 0.15) is 5.75 Å². The second-order valence-electron chi connectivity index (χ2n) is 8.15. The molecule has 0 heterocycles. The Morgan fingerprint density at radius 1 is 1.04 bits per heavy atom. The molecule has 5 heteroatoms. The molecule has 0 saturated heterocycles. The summed E-state index contributed by atoms with van der Waals surface area (Å²) >= 11 is 0. The molecule has 148 valence electrons. The van der Waals surface area contributed by atoms with Crippen molar-refractivity contribution in [1.29, 1.82) is 0 Å². The number of nitrogens with zero attached hydrogens (tertiary/aromatic N) is 1. The highest BCUT2D eigenvalue weighted by atomic mass is 16.5. The maximum atomic E-state index is 13.6. The van der Waals surface area contributed by atoms with Gasteiger partial charge in [-0.1, -0.05) is 26.2 Å². The van der Waals surface area contributed by atoms with Gasteiger partial charge in [-0.05, 0) is 62.6 Å². The molecule has 2 aliphatic rings. The number of hydrogen-bond donors (Lipinski definition) is 1. The van der Waals surface area contributed by atoms with Crippen molar-refractivity contribution < 1.29 is 19.4 Å². The molecule has 5 nitrogen and oxygen atoms in total. The summed E-state index contributed by atoms with van der Waals surface area (Å²) in [6, 6.07) is 4.76. The lowest BCUT2D eigenvalue weighted by molar-refractivity contribution is -0.124. The zero-order valence-electron chi connectivity index (χ0n) is 16.4. The number of esters is 1. The van der Waals surface area contributed by atoms with Crippen molar-refractivity contribution in [1.82, 2.24) is 0 Å². The SMILES string of the molecule is COC(=O)c1cc(O)ccc1N(C(=O)C1CCC(C)CC1)C1CCCCC1. The minimum Gasteiger partial charge on any atom is -0.508 e. The van der Waals surface area contributed by atoms with E-state index in [2.05, 4.69) is 6.92 Å². The first-order valence-electron chi connectivity index (χ1n) is 10.3. The van der Waals surface area contributed by atoms with Crippen molar-refractivity contribution in [2.45, 2.75) is 70.8 Å². The molecule has 27 heavy (non-hydrogen) atoms. The first-order chi connectivity index (χ1) is 13.0. The molecule has 2 fully saturated rings. The van der Waals surface area contributed by atoms with Gasteiger partial charge in [0.25, 0.3) is 0 Å². The average Bonchev–Trinajstić information content (AvgIpc) is 2.70. The number of carbonyl (C=O) groups is 2. The number of methoxy groups -OCH3 is 1. The number of hydrogen-bond acceptors (Lipinski definition) is 4. The highest BCUT2D eigenvalue weighted by molar-refractivity contribution is 6.04. The first-order valence-corrected chi connectivity index (χ1v) is 10.3. The largest absolute Gasteiger partial charge is 0.508 e. The van der Waals surface area contributed by atoms with Crippen molar-refractivity contribution in [3.8, 4) is 5.75 Å². The Bertz CT molecular complexity index is 673. The maximum absolute atomic E-state index is 13.6. The van der Waals surface area contributed by atoms with E-state index in [4.69, 9.17) is 4.74 Å². The van der Waals surface area contributed by atoms with Gasteiger partial charge in [-0.2, -0.15) is 0 Å². The second kappa shape index (κ2) is 8.77. The Morgan fingerprint density at radius 2 is 1.70 bits per heavy atom. The summed E-state index contributed by atoms with van der Waals surface area (Å²) in [4.78, 5) is 27.8. The smallest absolute Gasteiger partial charge is 0.340 e. The Labute approximate surface area is 161 Å². The number of ether oxygens (including phenoxy) is 1. The van der Waals surface area contributed by atoms with E-state index in [9.17, 15) is 14.7 Å². The Hall–Kier alpha value is -2.04. The summed E-state index contributed by atoms with van der Waals surface area (Å²) in [6.07, 6.45) is 9.28. The van der Waals surface area contributed by atoms with E-state index in [1.54, 1.807) is 12.1 Å². The fourth-order valence-electron chi connectivity index (χ4n) is 4.55. The number of amides is 1. The maximum Gasteiger partial charge on any atom is 0.340 e. The third-order valence-corrected chi connectivity index (χ3v) is 6.19. The van der Waals surface area contributed by atoms with Gasteiger partial charge >= 0.3 is 5.97 Å². The molecule has 1 aromatic rings. The molecule has 0 atom stereocenters. The number of phenolic OH excluding ortho intramolecular Hbond substituents is 1. The molecule has 1 amide bonds. The van der Waals surface area contributed by atoms with Crippen LogP contribution in [0.4, 0.5) is 5.69 Å². The molecule has 1 N–H and O–H groups in total. The van der Waals surface area contributed by atoms with Crippen LogP contribution < -0.4 is 4.90 Å². The Kier molecular flexibility index (Phi) is 6.40. The van der Waals surface area contributed by atoms with Crippen molar-refractivity contribution in [3.05, 3.63) is 23.8 Å². The third kappa shape index (κ3) is 4.45. The standard InChI is InChI=1S/C22H31NO4/c1-15-8-10-16(11-9-15)21(25)23(17-6-4-3-5-7-17)20-13-12-18(24)14-19(20)22(26)27-2/h12-17,24H,3-11H2,1-2H3. The van der Waals surface area contributed by atoms with Crippen LogP contribution in [0.3, 0.4) is 0 Å². The van der Waals surface area contributed by atoms with E-state index in [1.807, 2.05) is 4.90 Å². The van der Waals surface area contributed by atoms with Crippen molar-refractivity contribution >= 4 is 17.6 Å². The highest BCUT2D eigenvalue weighted by Gasteiger charge is 2.35. The summed E-state index contributed by atoms with van der Waals surface area (Å²) in [5.74, 6) is 0.303. The molecule has 0 aliphatic heterocycles. The van der Waals surface area contributed by atoms with E-state index < -0.39 is 5.97 Å². The van der Waals surface area contributed by atoms with Crippen LogP contribution in [-0.2, 0) is 9.53 Å². The zero-order chi connectivity index (χ0) is 19.4. The molecule has 1 aromatic carbocycles. The van der Waals surface area contributed by atoms with Gasteiger partial charge in [-0.3, -0.25) is 4.79 Å². The van der Waals surface area contributed by atoms with Crippen LogP contribution in [0.15, 0.2) is 18.2 Å². The minimum atomic E-state index is -0.522. The monoisotopic (exact) mass is 373 g/mol. The van der Waals surface area contributed by atoms with E-state index in [0.717, 1.165) is 51.4 Å². The van der Waals surface area contributed by atoms with E-state index in [0.29, 0.717) is 11.6 Å². The van der Waals surface area contributed by atoms with Gasteiger partial charge in [-0.15, -0.1) is 0 Å². The third-order valence-electron chi connectivity index (χ3n) is 6.19. The molecule has 3 rings (SSSR count). The number of phenols is 1. The lowest BCUT2D eigenvalue weighted by Crippen LogP contribution is -2.46. The molecular formula is C22H31NO4. The molecule has 0 spiro atoms. The summed E-state index contributed by atoms with van der Waals surface area (Å²) in [6.45, 7) is 2.24. The number of anilines is 1. The van der Waals surface area contributed by atoms with Gasteiger partial charge in [0.05, 0.1) is 18.4 Å². The predicted octanol–water partition coefficient (Wildman–Crippen LogP) is 4.67. The molecule has 0 radical (unpaired) electrons. The fourth-order valence-corrected chi connectivity index (χ4v) is 4.55. The van der Waals surface area contributed by atoms with Gasteiger partial charge in [0, 0.05) is 12.0 Å². The minimum absolute atomic E-state index is 0.00156. The molecule has 2 saturated carbocycles. The van der Waals surface area contributed by atoms with Crippen molar-refractivity contribution in [2.24, 2.45) is 11.8 Å². The number of rotatable bonds is 4. The van der Waals surface area contributed by atoms with E-state index in [1.165, 1.54) is 19.6 Å². The van der Waals surface area contributed by atoms with Crippen LogP contribution in [0.2, 0.25) is 0 Å². The zero-order valence-corrected chi connectivity index (χ0v) is 16.4. The normalized spacial score (nSPS) is 23.6. The summed E-state index contributed by atoms with van der Waals surface area (Å²) in [5.41, 5.74) is 0.843. The fraction of sp³-hybridized carbons (Fsp3) is 0.636. The highest BCUT2D eigenvalue weighted by Crippen LogP contribution is 2.36. The number of benzene rings is 1. The predicted molar refractivity (Wildman–Crippen MR) is 105 cm³/mol. The lowest BCUT2D eigenvalue weighted by atomic mass is 9.81. The quantitative estimate of drug-likeness (QED) is 0.779. The van der Waals surface area contributed by atoms with E-state index in [-0.39, 0.29) is 29.2 Å². The van der Waals surface area contributed by atoms with Crippen LogP contribution in [0.25, 0.3) is 0 Å². The summed E-state index contributed by atoms with van der Waals surface area (Å²) < 4.78 is 4.92. The van der Waals surface area contributed by atoms with Crippen LogP contribution in [0.5, 0.6) is 5.75 Å². The second-order valence-corrected chi connectivity index (χ2v) is 8.15. The first kappa shape index (κ1) is 19.7. The topological polar surface area (TPSA) is 66.8 Å². The molecule has 0 unspecified atom stereocenters. The van der Waals surface area contributed by atoms with Crippen LogP contribution in [-0.4, -0.2) is 30.1 Å². The van der Waals surface area contributed by atoms with Crippen molar-refractivity contribution in [2.75, 3.05) is 12.0 Å². The van der Waals surface area contributed by atoms with Gasteiger partial charge < -0.3 is 14.7 Å². The van der Waals surface area contributed by atoms with Crippen molar-refractivity contribution in [3.63, 3.8) is 0 Å². The van der Waals surface area contributed by atoms with Crippen LogP contribution in [0, 0.1) is 11.8 Å². The number of carbonyl (C=O) groups excluding carboxylic acids is 2. The Balaban J connectivity index is 1.97. The average molecular weight is 373 g/mol. The molecular weight excluding hydrogens is 342 g/mol. The van der Waals surface area contributed by atoms with Crippen LogP contribution in [0.1, 0.15) is 75.1 Å². The van der Waals surface area contributed by atoms with Gasteiger partial charge in [0.15, 0.2) is 0 Å². The molecule has 0 bridgehead atoms. The summed E-state index contributed by atoms with van der Waals surface area (Å²) in [7, 11) is 1.32. The molecule has 2 aliphatic carbocycles. The molecule has 0 aromatic heterocycles. The summed E-state index contributed by atoms with van der Waals surface area (Å²) in [5, 5.41) is 9.88. The number of aromatic hydroxyl groups is 1. The van der Waals surface area contributed by atoms with Gasteiger partial charge in [-0.25, -0.2) is 4.79 Å². The van der Waals surface area contributed by atoms with E-state index >= 15 is 0 Å². The van der Waals surface area contributed by atoms with Crippen LogP contribution >= 0.6 is 0 Å². The lowest BCUT2D eigenvalue weighted by Gasteiger charge is -2.38.